The quantitative estimate of drug-likeness (QED) is 0.836. The molecule has 1 fully saturated rings. The van der Waals surface area contributed by atoms with Crippen molar-refractivity contribution in [2.24, 2.45) is 0 Å². The minimum Gasteiger partial charge on any atom is -0.461 e. The van der Waals surface area contributed by atoms with Gasteiger partial charge in [0.2, 0.25) is 0 Å². The third-order valence-corrected chi connectivity index (χ3v) is 4.22. The Morgan fingerprint density at radius 2 is 2.04 bits per heavy atom. The number of hydrogen-bond donors (Lipinski definition) is 1. The van der Waals surface area contributed by atoms with Gasteiger partial charge in [0.15, 0.2) is 5.69 Å². The first-order chi connectivity index (χ1) is 11.7. The number of esters is 1. The average Bonchev–Trinajstić information content (AvgIpc) is 3.07. The van der Waals surface area contributed by atoms with Crippen LogP contribution in [-0.4, -0.2) is 71.0 Å². The van der Waals surface area contributed by atoms with Crippen LogP contribution in [0.5, 0.6) is 0 Å². The third-order valence-electron chi connectivity index (χ3n) is 4.22. The maximum atomic E-state index is 12.0. The van der Waals surface area contributed by atoms with Gasteiger partial charge in [0.05, 0.1) is 6.61 Å². The zero-order chi connectivity index (χ0) is 16.9. The number of nitrogens with zero attached hydrogens (tertiary/aromatic N) is 4. The Labute approximate surface area is 141 Å². The molecule has 0 unspecified atom stereocenters. The highest BCUT2D eigenvalue weighted by molar-refractivity contribution is 5.93. The van der Waals surface area contributed by atoms with Crippen LogP contribution < -0.4 is 0 Å². The number of carbonyl (C=O) groups is 1. The molecule has 1 aliphatic rings. The predicted molar refractivity (Wildman–Crippen MR) is 90.5 cm³/mol. The largest absolute Gasteiger partial charge is 0.461 e. The van der Waals surface area contributed by atoms with Crippen LogP contribution in [0.4, 0.5) is 0 Å². The van der Waals surface area contributed by atoms with Gasteiger partial charge >= 0.3 is 5.97 Å². The molecule has 1 aliphatic heterocycles. The highest BCUT2D eigenvalue weighted by Gasteiger charge is 2.20. The SMILES string of the molecule is CCOC(=O)c1n[nH]nc1-c1cccc(CN2CCN(C)CC2)c1. The van der Waals surface area contributed by atoms with E-state index < -0.39 is 5.97 Å². The Kier molecular flexibility index (Phi) is 5.22. The average molecular weight is 329 g/mol. The molecule has 0 bridgehead atoms. The zero-order valence-corrected chi connectivity index (χ0v) is 14.2. The number of rotatable bonds is 5. The van der Waals surface area contributed by atoms with Crippen LogP contribution >= 0.6 is 0 Å². The number of likely N-dealkylation sites (N-methyl/N-ethyl adjacent to an activating group) is 1. The first kappa shape index (κ1) is 16.6. The van der Waals surface area contributed by atoms with E-state index in [4.69, 9.17) is 4.74 Å². The first-order valence-corrected chi connectivity index (χ1v) is 8.25. The standard InChI is InChI=1S/C17H23N5O2/c1-3-24-17(23)16-15(18-20-19-16)14-6-4-5-13(11-14)12-22-9-7-21(2)8-10-22/h4-6,11H,3,7-10,12H2,1-2H3,(H,18,19,20). The summed E-state index contributed by atoms with van der Waals surface area (Å²) in [7, 11) is 2.15. The normalized spacial score (nSPS) is 16.2. The van der Waals surface area contributed by atoms with E-state index in [9.17, 15) is 4.79 Å². The van der Waals surface area contributed by atoms with Crippen molar-refractivity contribution in [1.29, 1.82) is 0 Å². The summed E-state index contributed by atoms with van der Waals surface area (Å²) >= 11 is 0. The van der Waals surface area contributed by atoms with Crippen molar-refractivity contribution in [3.8, 4) is 11.3 Å². The molecular formula is C17H23N5O2. The fourth-order valence-corrected chi connectivity index (χ4v) is 2.86. The fraction of sp³-hybridized carbons (Fsp3) is 0.471. The molecule has 3 rings (SSSR count). The fourth-order valence-electron chi connectivity index (χ4n) is 2.86. The number of piperazine rings is 1. The molecule has 2 heterocycles. The van der Waals surface area contributed by atoms with E-state index in [1.54, 1.807) is 6.92 Å². The Hall–Kier alpha value is -2.25. The van der Waals surface area contributed by atoms with Gasteiger partial charge in [-0.05, 0) is 25.6 Å². The third kappa shape index (κ3) is 3.80. The molecule has 7 heteroatoms. The van der Waals surface area contributed by atoms with Crippen molar-refractivity contribution in [1.82, 2.24) is 25.2 Å². The van der Waals surface area contributed by atoms with Crippen LogP contribution in [0.1, 0.15) is 23.0 Å². The van der Waals surface area contributed by atoms with E-state index in [1.807, 2.05) is 12.1 Å². The number of carbonyl (C=O) groups excluding carboxylic acids is 1. The van der Waals surface area contributed by atoms with Crippen molar-refractivity contribution in [2.45, 2.75) is 13.5 Å². The molecule has 1 N–H and O–H groups in total. The monoisotopic (exact) mass is 329 g/mol. The summed E-state index contributed by atoms with van der Waals surface area (Å²) in [5.41, 5.74) is 2.84. The second-order valence-corrected chi connectivity index (χ2v) is 6.02. The van der Waals surface area contributed by atoms with E-state index >= 15 is 0 Å². The zero-order valence-electron chi connectivity index (χ0n) is 14.2. The molecule has 0 spiro atoms. The van der Waals surface area contributed by atoms with E-state index in [0.29, 0.717) is 12.3 Å². The van der Waals surface area contributed by atoms with Crippen LogP contribution in [0.25, 0.3) is 11.3 Å². The lowest BCUT2D eigenvalue weighted by Gasteiger charge is -2.32. The van der Waals surface area contributed by atoms with E-state index in [-0.39, 0.29) is 5.69 Å². The van der Waals surface area contributed by atoms with Crippen molar-refractivity contribution in [3.05, 3.63) is 35.5 Å². The summed E-state index contributed by atoms with van der Waals surface area (Å²) in [6.07, 6.45) is 0. The number of hydrogen-bond acceptors (Lipinski definition) is 6. The second kappa shape index (κ2) is 7.55. The minimum absolute atomic E-state index is 0.230. The summed E-state index contributed by atoms with van der Waals surface area (Å²) in [6, 6.07) is 8.10. The van der Waals surface area contributed by atoms with Crippen LogP contribution in [0.2, 0.25) is 0 Å². The lowest BCUT2D eigenvalue weighted by atomic mass is 10.1. The minimum atomic E-state index is -0.453. The number of ether oxygens (including phenoxy) is 1. The van der Waals surface area contributed by atoms with Crippen molar-refractivity contribution in [3.63, 3.8) is 0 Å². The smallest absolute Gasteiger partial charge is 0.361 e. The number of aromatic nitrogens is 3. The Balaban J connectivity index is 1.76. The molecule has 24 heavy (non-hydrogen) atoms. The molecule has 0 atom stereocenters. The summed E-state index contributed by atoms with van der Waals surface area (Å²) in [6.45, 7) is 7.31. The summed E-state index contributed by atoms with van der Waals surface area (Å²) in [5, 5.41) is 10.6. The van der Waals surface area contributed by atoms with Crippen molar-refractivity contribution >= 4 is 5.97 Å². The van der Waals surface area contributed by atoms with Crippen molar-refractivity contribution in [2.75, 3.05) is 39.8 Å². The Morgan fingerprint density at radius 1 is 1.25 bits per heavy atom. The van der Waals surface area contributed by atoms with Gasteiger partial charge < -0.3 is 9.64 Å². The van der Waals surface area contributed by atoms with Gasteiger partial charge in [0.1, 0.15) is 5.69 Å². The number of aromatic amines is 1. The number of benzene rings is 1. The van der Waals surface area contributed by atoms with Crippen LogP contribution in [0, 0.1) is 0 Å². The molecular weight excluding hydrogens is 306 g/mol. The molecule has 1 aromatic heterocycles. The molecule has 0 saturated carbocycles. The topological polar surface area (TPSA) is 74.3 Å². The van der Waals surface area contributed by atoms with Gasteiger partial charge in [-0.3, -0.25) is 4.90 Å². The van der Waals surface area contributed by atoms with E-state index in [1.165, 1.54) is 5.56 Å². The van der Waals surface area contributed by atoms with Gasteiger partial charge in [0.25, 0.3) is 0 Å². The second-order valence-electron chi connectivity index (χ2n) is 6.02. The molecule has 1 saturated heterocycles. The molecule has 0 aliphatic carbocycles. The summed E-state index contributed by atoms with van der Waals surface area (Å²) in [5.74, 6) is -0.453. The molecule has 0 radical (unpaired) electrons. The van der Waals surface area contributed by atoms with E-state index in [0.717, 1.165) is 38.3 Å². The van der Waals surface area contributed by atoms with Gasteiger partial charge in [-0.1, -0.05) is 18.2 Å². The predicted octanol–water partition coefficient (Wildman–Crippen LogP) is 1.40. The lowest BCUT2D eigenvalue weighted by molar-refractivity contribution is 0.0520. The maximum Gasteiger partial charge on any atom is 0.361 e. The number of H-pyrrole nitrogens is 1. The van der Waals surface area contributed by atoms with Crippen LogP contribution in [-0.2, 0) is 11.3 Å². The maximum absolute atomic E-state index is 12.0. The van der Waals surface area contributed by atoms with Crippen LogP contribution in [0.3, 0.4) is 0 Å². The number of nitrogens with one attached hydrogen (secondary N) is 1. The highest BCUT2D eigenvalue weighted by Crippen LogP contribution is 2.22. The molecule has 0 amide bonds. The molecule has 1 aromatic carbocycles. The Morgan fingerprint density at radius 3 is 2.79 bits per heavy atom. The van der Waals surface area contributed by atoms with Gasteiger partial charge in [-0.2, -0.15) is 10.3 Å². The first-order valence-electron chi connectivity index (χ1n) is 8.25. The van der Waals surface area contributed by atoms with E-state index in [2.05, 4.69) is 44.4 Å². The van der Waals surface area contributed by atoms with Crippen molar-refractivity contribution < 1.29 is 9.53 Å². The Bertz CT molecular complexity index is 692. The highest BCUT2D eigenvalue weighted by atomic mass is 16.5. The van der Waals surface area contributed by atoms with Gasteiger partial charge in [0, 0.05) is 38.3 Å². The van der Waals surface area contributed by atoms with Gasteiger partial charge in [-0.15, -0.1) is 5.10 Å². The van der Waals surface area contributed by atoms with Gasteiger partial charge in [-0.25, -0.2) is 4.79 Å². The lowest BCUT2D eigenvalue weighted by Crippen LogP contribution is -2.43. The van der Waals surface area contributed by atoms with Crippen LogP contribution in [0.15, 0.2) is 24.3 Å². The molecule has 128 valence electrons. The molecule has 2 aromatic rings. The summed E-state index contributed by atoms with van der Waals surface area (Å²) in [4.78, 5) is 16.8. The summed E-state index contributed by atoms with van der Waals surface area (Å²) < 4.78 is 5.04. The molecule has 7 nitrogen and oxygen atoms in total.